The van der Waals surface area contributed by atoms with Gasteiger partial charge < -0.3 is 14.4 Å². The lowest BCUT2D eigenvalue weighted by Crippen LogP contribution is -2.55. The molecule has 4 heteroatoms. The molecule has 0 radical (unpaired) electrons. The topological polar surface area (TPSA) is 38.8 Å². The zero-order valence-electron chi connectivity index (χ0n) is 14.5. The van der Waals surface area contributed by atoms with E-state index in [-0.39, 0.29) is 11.3 Å². The molecule has 0 aromatic heterocycles. The van der Waals surface area contributed by atoms with E-state index in [1.165, 1.54) is 0 Å². The molecule has 2 aliphatic heterocycles. The van der Waals surface area contributed by atoms with Crippen LogP contribution >= 0.6 is 0 Å². The molecule has 2 saturated heterocycles. The van der Waals surface area contributed by atoms with Gasteiger partial charge in [0, 0.05) is 19.8 Å². The van der Waals surface area contributed by atoms with Gasteiger partial charge in [-0.25, -0.2) is 0 Å². The Hall–Kier alpha value is -1.65. The highest BCUT2D eigenvalue weighted by molar-refractivity contribution is 5.83. The first kappa shape index (κ1) is 17.2. The van der Waals surface area contributed by atoms with Gasteiger partial charge in [-0.2, -0.15) is 0 Å². The zero-order valence-corrected chi connectivity index (χ0v) is 14.5. The highest BCUT2D eigenvalue weighted by atomic mass is 16.5. The summed E-state index contributed by atoms with van der Waals surface area (Å²) in [5, 5.41) is 0. The van der Waals surface area contributed by atoms with Crippen LogP contribution in [0, 0.1) is 5.41 Å². The van der Waals surface area contributed by atoms with Crippen LogP contribution in [0.4, 0.5) is 0 Å². The van der Waals surface area contributed by atoms with E-state index < -0.39 is 5.60 Å². The minimum absolute atomic E-state index is 0.233. The minimum Gasteiger partial charge on any atom is -0.381 e. The van der Waals surface area contributed by atoms with Crippen molar-refractivity contribution in [3.05, 3.63) is 48.6 Å². The summed E-state index contributed by atoms with van der Waals surface area (Å²) in [6, 6.07) is 10.2. The molecule has 0 bridgehead atoms. The lowest BCUT2D eigenvalue weighted by molar-refractivity contribution is -0.164. The fourth-order valence-corrected chi connectivity index (χ4v) is 3.89. The molecule has 1 aromatic rings. The van der Waals surface area contributed by atoms with Gasteiger partial charge in [0.1, 0.15) is 5.60 Å². The maximum absolute atomic E-state index is 13.4. The molecule has 2 aliphatic rings. The minimum atomic E-state index is -0.449. The standard InChI is InChI=1S/C20H27NO3/c1-3-9-20(10-13-23-14-11-20)18(22)21-12-15-24-19(2,16-21)17-7-5-4-6-8-17/h3-8H,1,9-16H2,2H3. The number of benzene rings is 1. The molecule has 130 valence electrons. The largest absolute Gasteiger partial charge is 0.381 e. The third-order valence-corrected chi connectivity index (χ3v) is 5.38. The third-order valence-electron chi connectivity index (χ3n) is 5.38. The predicted molar refractivity (Wildman–Crippen MR) is 93.6 cm³/mol. The Morgan fingerprint density at radius 2 is 1.96 bits per heavy atom. The average Bonchev–Trinajstić information content (AvgIpc) is 2.63. The van der Waals surface area contributed by atoms with Crippen molar-refractivity contribution in [2.45, 2.75) is 31.8 Å². The fourth-order valence-electron chi connectivity index (χ4n) is 3.89. The van der Waals surface area contributed by atoms with Gasteiger partial charge in [0.2, 0.25) is 5.91 Å². The molecule has 1 unspecified atom stereocenters. The van der Waals surface area contributed by atoms with E-state index in [1.54, 1.807) is 0 Å². The number of ether oxygens (including phenoxy) is 2. The lowest BCUT2D eigenvalue weighted by Gasteiger charge is -2.45. The van der Waals surface area contributed by atoms with Gasteiger partial charge in [0.15, 0.2) is 0 Å². The average molecular weight is 329 g/mol. The Morgan fingerprint density at radius 1 is 1.25 bits per heavy atom. The van der Waals surface area contributed by atoms with Gasteiger partial charge in [-0.05, 0) is 31.7 Å². The Labute approximate surface area is 144 Å². The van der Waals surface area contributed by atoms with E-state index in [9.17, 15) is 4.79 Å². The highest BCUT2D eigenvalue weighted by Crippen LogP contribution is 2.39. The zero-order chi connectivity index (χ0) is 17.0. The van der Waals surface area contributed by atoms with Crippen LogP contribution in [-0.2, 0) is 19.9 Å². The van der Waals surface area contributed by atoms with Crippen LogP contribution in [0.2, 0.25) is 0 Å². The van der Waals surface area contributed by atoms with Crippen LogP contribution in [0.3, 0.4) is 0 Å². The molecule has 0 saturated carbocycles. The summed E-state index contributed by atoms with van der Waals surface area (Å²) in [6.07, 6.45) is 4.14. The maximum atomic E-state index is 13.4. The lowest BCUT2D eigenvalue weighted by atomic mass is 9.75. The van der Waals surface area contributed by atoms with E-state index in [0.29, 0.717) is 39.3 Å². The monoisotopic (exact) mass is 329 g/mol. The van der Waals surface area contributed by atoms with Crippen molar-refractivity contribution in [2.75, 3.05) is 32.9 Å². The number of carbonyl (C=O) groups is 1. The van der Waals surface area contributed by atoms with E-state index in [4.69, 9.17) is 9.47 Å². The van der Waals surface area contributed by atoms with Gasteiger partial charge in [-0.15, -0.1) is 6.58 Å². The molecule has 3 rings (SSSR count). The van der Waals surface area contributed by atoms with Crippen molar-refractivity contribution in [1.29, 1.82) is 0 Å². The number of nitrogens with zero attached hydrogens (tertiary/aromatic N) is 1. The number of morpholine rings is 1. The number of carbonyl (C=O) groups excluding carboxylic acids is 1. The summed E-state index contributed by atoms with van der Waals surface area (Å²) in [5.74, 6) is 0.233. The van der Waals surface area contributed by atoms with Gasteiger partial charge >= 0.3 is 0 Å². The summed E-state index contributed by atoms with van der Waals surface area (Å²) in [4.78, 5) is 15.3. The second kappa shape index (κ2) is 7.08. The molecule has 1 amide bonds. The van der Waals surface area contributed by atoms with Crippen LogP contribution in [0.1, 0.15) is 31.7 Å². The van der Waals surface area contributed by atoms with E-state index in [2.05, 4.69) is 25.6 Å². The Bertz CT molecular complexity index is 580. The van der Waals surface area contributed by atoms with Gasteiger partial charge in [-0.1, -0.05) is 36.4 Å². The molecule has 4 nitrogen and oxygen atoms in total. The molecule has 1 aromatic carbocycles. The number of amides is 1. The first-order chi connectivity index (χ1) is 11.6. The molecule has 2 heterocycles. The number of allylic oxidation sites excluding steroid dienone is 1. The number of hydrogen-bond donors (Lipinski definition) is 0. The number of rotatable bonds is 4. The molecule has 1 atom stereocenters. The summed E-state index contributed by atoms with van der Waals surface area (Å²) in [5.41, 5.74) is 0.317. The first-order valence-corrected chi connectivity index (χ1v) is 8.77. The van der Waals surface area contributed by atoms with Crippen LogP contribution in [0.15, 0.2) is 43.0 Å². The van der Waals surface area contributed by atoms with Gasteiger partial charge in [0.25, 0.3) is 0 Å². The molecule has 24 heavy (non-hydrogen) atoms. The quantitative estimate of drug-likeness (QED) is 0.797. The highest BCUT2D eigenvalue weighted by Gasteiger charge is 2.45. The van der Waals surface area contributed by atoms with E-state index >= 15 is 0 Å². The van der Waals surface area contributed by atoms with Crippen LogP contribution in [0.25, 0.3) is 0 Å². The predicted octanol–water partition coefficient (Wildman–Crippen LogP) is 3.13. The van der Waals surface area contributed by atoms with Crippen LogP contribution < -0.4 is 0 Å². The van der Waals surface area contributed by atoms with Crippen LogP contribution in [0.5, 0.6) is 0 Å². The molecular weight excluding hydrogens is 302 g/mol. The SMILES string of the molecule is C=CCC1(C(=O)N2CCOC(C)(c3ccccc3)C2)CCOCC1. The Morgan fingerprint density at radius 3 is 2.62 bits per heavy atom. The normalized spacial score (nSPS) is 26.8. The fraction of sp³-hybridized carbons (Fsp3) is 0.550. The molecular formula is C20H27NO3. The van der Waals surface area contributed by atoms with E-state index in [1.807, 2.05) is 29.2 Å². The second-order valence-corrected chi connectivity index (χ2v) is 7.06. The van der Waals surface area contributed by atoms with Crippen molar-refractivity contribution in [3.63, 3.8) is 0 Å². The smallest absolute Gasteiger partial charge is 0.229 e. The Balaban J connectivity index is 1.80. The number of hydrogen-bond acceptors (Lipinski definition) is 3. The van der Waals surface area contributed by atoms with E-state index in [0.717, 1.165) is 18.4 Å². The van der Waals surface area contributed by atoms with Crippen molar-refractivity contribution in [1.82, 2.24) is 4.90 Å². The van der Waals surface area contributed by atoms with Crippen LogP contribution in [-0.4, -0.2) is 43.7 Å². The van der Waals surface area contributed by atoms with Crippen molar-refractivity contribution in [2.24, 2.45) is 5.41 Å². The third kappa shape index (κ3) is 3.26. The van der Waals surface area contributed by atoms with Crippen molar-refractivity contribution < 1.29 is 14.3 Å². The molecule has 0 aliphatic carbocycles. The summed E-state index contributed by atoms with van der Waals surface area (Å²) in [7, 11) is 0. The molecule has 2 fully saturated rings. The van der Waals surface area contributed by atoms with Gasteiger partial charge in [0.05, 0.1) is 18.6 Å². The van der Waals surface area contributed by atoms with Gasteiger partial charge in [-0.3, -0.25) is 4.79 Å². The second-order valence-electron chi connectivity index (χ2n) is 7.06. The summed E-state index contributed by atoms with van der Waals surface area (Å²) in [6.45, 7) is 9.06. The summed E-state index contributed by atoms with van der Waals surface area (Å²) >= 11 is 0. The molecule has 0 N–H and O–H groups in total. The Kier molecular flexibility index (Phi) is 5.07. The summed E-state index contributed by atoms with van der Waals surface area (Å²) < 4.78 is 11.6. The van der Waals surface area contributed by atoms with Crippen molar-refractivity contribution in [3.8, 4) is 0 Å². The maximum Gasteiger partial charge on any atom is 0.229 e. The molecule has 0 spiro atoms. The van der Waals surface area contributed by atoms with Crippen molar-refractivity contribution >= 4 is 5.91 Å². The first-order valence-electron chi connectivity index (χ1n) is 8.77.